The zero-order chi connectivity index (χ0) is 8.27. The number of ether oxygens (including phenoxy) is 1. The molecular formula is C7H7IO2S. The van der Waals surface area contributed by atoms with Crippen LogP contribution < -0.4 is 0 Å². The Hall–Kier alpha value is -0.100. The highest BCUT2D eigenvalue weighted by Gasteiger charge is 2.04. The van der Waals surface area contributed by atoms with Crippen LogP contribution in [0.3, 0.4) is 0 Å². The quantitative estimate of drug-likeness (QED) is 0.613. The molecule has 0 amide bonds. The minimum Gasteiger partial charge on any atom is -0.469 e. The zero-order valence-electron chi connectivity index (χ0n) is 5.96. The van der Waals surface area contributed by atoms with Gasteiger partial charge in [0, 0.05) is 4.88 Å². The molecule has 60 valence electrons. The number of carbonyl (C=O) groups is 1. The first-order valence-corrected chi connectivity index (χ1v) is 4.93. The van der Waals surface area contributed by atoms with Crippen LogP contribution in [0.1, 0.15) is 4.88 Å². The smallest absolute Gasteiger partial charge is 0.310 e. The van der Waals surface area contributed by atoms with Gasteiger partial charge in [-0.1, -0.05) is 0 Å². The van der Waals surface area contributed by atoms with Crippen LogP contribution in [0.5, 0.6) is 0 Å². The van der Waals surface area contributed by atoms with Crippen LogP contribution in [0.25, 0.3) is 0 Å². The predicted molar refractivity (Wildman–Crippen MR) is 52.8 cm³/mol. The molecule has 0 aliphatic carbocycles. The molecular weight excluding hydrogens is 275 g/mol. The molecule has 0 atom stereocenters. The third-order valence-corrected chi connectivity index (χ3v) is 3.07. The third kappa shape index (κ3) is 2.78. The van der Waals surface area contributed by atoms with Gasteiger partial charge < -0.3 is 4.74 Å². The summed E-state index contributed by atoms with van der Waals surface area (Å²) in [6, 6.07) is 3.94. The maximum Gasteiger partial charge on any atom is 0.310 e. The van der Waals surface area contributed by atoms with Gasteiger partial charge in [-0.15, -0.1) is 11.3 Å². The van der Waals surface area contributed by atoms with Crippen LogP contribution >= 0.6 is 33.9 Å². The predicted octanol–water partition coefficient (Wildman–Crippen LogP) is 2.07. The summed E-state index contributed by atoms with van der Waals surface area (Å²) >= 11 is 3.84. The van der Waals surface area contributed by atoms with Gasteiger partial charge in [-0.3, -0.25) is 4.79 Å². The molecule has 0 N–H and O–H groups in total. The molecule has 0 aliphatic heterocycles. The van der Waals surface area contributed by atoms with Gasteiger partial charge in [-0.05, 0) is 34.7 Å². The first-order valence-electron chi connectivity index (χ1n) is 3.03. The van der Waals surface area contributed by atoms with Crippen LogP contribution in [0, 0.1) is 2.88 Å². The van der Waals surface area contributed by atoms with Gasteiger partial charge in [0.05, 0.1) is 16.4 Å². The minimum atomic E-state index is -0.178. The van der Waals surface area contributed by atoms with E-state index in [-0.39, 0.29) is 5.97 Å². The average Bonchev–Trinajstić information content (AvgIpc) is 2.35. The van der Waals surface area contributed by atoms with Crippen molar-refractivity contribution in [2.45, 2.75) is 6.42 Å². The number of hydrogen-bond acceptors (Lipinski definition) is 3. The van der Waals surface area contributed by atoms with Crippen molar-refractivity contribution in [2.75, 3.05) is 7.11 Å². The Bertz CT molecular complexity index is 257. The lowest BCUT2D eigenvalue weighted by Gasteiger charge is -1.93. The molecule has 0 bridgehead atoms. The third-order valence-electron chi connectivity index (χ3n) is 1.18. The van der Waals surface area contributed by atoms with E-state index in [0.29, 0.717) is 6.42 Å². The molecule has 1 rings (SSSR count). The first-order chi connectivity index (χ1) is 5.22. The van der Waals surface area contributed by atoms with Crippen LogP contribution in [0.15, 0.2) is 12.1 Å². The van der Waals surface area contributed by atoms with Gasteiger partial charge in [-0.2, -0.15) is 0 Å². The van der Waals surface area contributed by atoms with E-state index in [1.807, 2.05) is 12.1 Å². The fourth-order valence-electron chi connectivity index (χ4n) is 0.661. The Morgan fingerprint density at radius 3 is 2.91 bits per heavy atom. The molecule has 0 radical (unpaired) electrons. The molecule has 0 aliphatic rings. The Labute approximate surface area is 82.7 Å². The molecule has 0 saturated heterocycles. The number of halogens is 1. The lowest BCUT2D eigenvalue weighted by atomic mass is 10.3. The second-order valence-electron chi connectivity index (χ2n) is 1.96. The average molecular weight is 282 g/mol. The van der Waals surface area contributed by atoms with Crippen molar-refractivity contribution >= 4 is 39.9 Å². The molecule has 0 saturated carbocycles. The molecule has 2 nitrogen and oxygen atoms in total. The van der Waals surface area contributed by atoms with Crippen LogP contribution in [-0.4, -0.2) is 13.1 Å². The molecule has 1 aromatic heterocycles. The van der Waals surface area contributed by atoms with Crippen molar-refractivity contribution < 1.29 is 9.53 Å². The van der Waals surface area contributed by atoms with Crippen molar-refractivity contribution in [2.24, 2.45) is 0 Å². The summed E-state index contributed by atoms with van der Waals surface area (Å²) < 4.78 is 5.72. The Balaban J connectivity index is 2.57. The van der Waals surface area contributed by atoms with Crippen molar-refractivity contribution in [3.63, 3.8) is 0 Å². The SMILES string of the molecule is COC(=O)Cc1ccc(I)s1. The number of hydrogen-bond donors (Lipinski definition) is 0. The lowest BCUT2D eigenvalue weighted by Crippen LogP contribution is -2.02. The second kappa shape index (κ2) is 4.06. The fourth-order valence-corrected chi connectivity index (χ4v) is 2.40. The number of esters is 1. The summed E-state index contributed by atoms with van der Waals surface area (Å²) in [6.45, 7) is 0. The van der Waals surface area contributed by atoms with Gasteiger partial charge in [0.2, 0.25) is 0 Å². The van der Waals surface area contributed by atoms with Gasteiger partial charge in [0.15, 0.2) is 0 Å². The standard InChI is InChI=1S/C7H7IO2S/c1-10-7(9)4-5-2-3-6(8)11-5/h2-3H,4H2,1H3. The van der Waals surface area contributed by atoms with Gasteiger partial charge in [-0.25, -0.2) is 0 Å². The Kier molecular flexibility index (Phi) is 3.32. The zero-order valence-corrected chi connectivity index (χ0v) is 8.94. The molecule has 0 spiro atoms. The van der Waals surface area contributed by atoms with Crippen LogP contribution in [0.4, 0.5) is 0 Å². The van der Waals surface area contributed by atoms with E-state index in [0.717, 1.165) is 4.88 Å². The van der Waals surface area contributed by atoms with Crippen molar-refractivity contribution in [1.82, 2.24) is 0 Å². The molecule has 0 aromatic carbocycles. The molecule has 1 aromatic rings. The van der Waals surface area contributed by atoms with Crippen LogP contribution in [-0.2, 0) is 16.0 Å². The summed E-state index contributed by atoms with van der Waals surface area (Å²) in [6.07, 6.45) is 0.393. The van der Waals surface area contributed by atoms with Gasteiger partial charge in [0.1, 0.15) is 0 Å². The monoisotopic (exact) mass is 282 g/mol. The highest BCUT2D eigenvalue weighted by atomic mass is 127. The Morgan fingerprint density at radius 2 is 2.45 bits per heavy atom. The lowest BCUT2D eigenvalue weighted by molar-refractivity contribution is -0.139. The van der Waals surface area contributed by atoms with E-state index in [1.165, 1.54) is 9.99 Å². The number of carbonyl (C=O) groups excluding carboxylic acids is 1. The minimum absolute atomic E-state index is 0.178. The molecule has 1 heterocycles. The highest BCUT2D eigenvalue weighted by Crippen LogP contribution is 2.18. The van der Waals surface area contributed by atoms with E-state index in [4.69, 9.17) is 0 Å². The summed E-state index contributed by atoms with van der Waals surface area (Å²) in [4.78, 5) is 11.8. The molecule has 4 heteroatoms. The summed E-state index contributed by atoms with van der Waals surface area (Å²) in [5, 5.41) is 0. The second-order valence-corrected chi connectivity index (χ2v) is 5.02. The van der Waals surface area contributed by atoms with Crippen molar-refractivity contribution in [3.8, 4) is 0 Å². The van der Waals surface area contributed by atoms with E-state index in [9.17, 15) is 4.79 Å². The molecule has 0 unspecified atom stereocenters. The van der Waals surface area contributed by atoms with Crippen molar-refractivity contribution in [3.05, 3.63) is 19.9 Å². The number of methoxy groups -OCH3 is 1. The number of rotatable bonds is 2. The topological polar surface area (TPSA) is 26.3 Å². The normalized spacial score (nSPS) is 9.64. The van der Waals surface area contributed by atoms with Gasteiger partial charge in [0.25, 0.3) is 0 Å². The van der Waals surface area contributed by atoms with E-state index >= 15 is 0 Å². The van der Waals surface area contributed by atoms with E-state index in [2.05, 4.69) is 27.3 Å². The van der Waals surface area contributed by atoms with E-state index < -0.39 is 0 Å². The maximum absolute atomic E-state index is 10.8. The van der Waals surface area contributed by atoms with E-state index in [1.54, 1.807) is 11.3 Å². The molecule has 0 fully saturated rings. The maximum atomic E-state index is 10.8. The van der Waals surface area contributed by atoms with Gasteiger partial charge >= 0.3 is 5.97 Å². The number of thiophene rings is 1. The van der Waals surface area contributed by atoms with Crippen LogP contribution in [0.2, 0.25) is 0 Å². The summed E-state index contributed by atoms with van der Waals surface area (Å²) in [7, 11) is 1.40. The fraction of sp³-hybridized carbons (Fsp3) is 0.286. The van der Waals surface area contributed by atoms with Crippen molar-refractivity contribution in [1.29, 1.82) is 0 Å². The molecule has 11 heavy (non-hydrogen) atoms. The summed E-state index contributed by atoms with van der Waals surface area (Å²) in [5.41, 5.74) is 0. The first kappa shape index (κ1) is 8.99. The highest BCUT2D eigenvalue weighted by molar-refractivity contribution is 14.1. The Morgan fingerprint density at radius 1 is 1.73 bits per heavy atom. The largest absolute Gasteiger partial charge is 0.469 e. The summed E-state index contributed by atoms with van der Waals surface area (Å²) in [5.74, 6) is -0.178.